The molecule has 1 saturated heterocycles. The third-order valence-electron chi connectivity index (χ3n) is 4.87. The number of nitrogens with zero attached hydrogens (tertiary/aromatic N) is 5. The summed E-state index contributed by atoms with van der Waals surface area (Å²) in [7, 11) is 0. The molecular formula is C19H21ClFN7O. The fraction of sp³-hybridized carbons (Fsp3) is 0.263. The van der Waals surface area contributed by atoms with Crippen LogP contribution in [0.1, 0.15) is 11.5 Å². The molecule has 1 aliphatic heterocycles. The minimum atomic E-state index is -0.523. The van der Waals surface area contributed by atoms with Crippen LogP contribution in [-0.4, -0.2) is 56.7 Å². The van der Waals surface area contributed by atoms with Crippen molar-refractivity contribution in [2.75, 3.05) is 25.0 Å². The minimum Gasteiger partial charge on any atom is -0.326 e. The largest absolute Gasteiger partial charge is 0.326 e. The molecule has 0 unspecified atom stereocenters. The Balaban J connectivity index is 0.00000240. The summed E-state index contributed by atoms with van der Waals surface area (Å²) >= 11 is 0. The minimum absolute atomic E-state index is 0. The Morgan fingerprint density at radius 2 is 2.00 bits per heavy atom. The van der Waals surface area contributed by atoms with Gasteiger partial charge in [0.15, 0.2) is 0 Å². The Bertz CT molecular complexity index is 954. The van der Waals surface area contributed by atoms with E-state index < -0.39 is 5.82 Å². The van der Waals surface area contributed by atoms with Crippen LogP contribution < -0.4 is 11.1 Å². The van der Waals surface area contributed by atoms with Crippen LogP contribution >= 0.6 is 12.4 Å². The van der Waals surface area contributed by atoms with Crippen molar-refractivity contribution in [3.8, 4) is 5.69 Å². The van der Waals surface area contributed by atoms with E-state index in [0.717, 1.165) is 5.56 Å². The van der Waals surface area contributed by atoms with Crippen molar-refractivity contribution in [2.45, 2.75) is 12.0 Å². The predicted molar refractivity (Wildman–Crippen MR) is 109 cm³/mol. The second kappa shape index (κ2) is 9.08. The molecule has 1 aliphatic rings. The molecule has 152 valence electrons. The zero-order valence-corrected chi connectivity index (χ0v) is 16.3. The number of nitrogens with one attached hydrogen (secondary N) is 1. The molecule has 0 radical (unpaired) electrons. The Morgan fingerprint density at radius 3 is 2.72 bits per heavy atom. The summed E-state index contributed by atoms with van der Waals surface area (Å²) in [6.45, 7) is 1.44. The first kappa shape index (κ1) is 20.8. The average molecular weight is 418 g/mol. The molecule has 0 saturated carbocycles. The van der Waals surface area contributed by atoms with Crippen molar-refractivity contribution < 1.29 is 9.18 Å². The second-order valence-electron chi connectivity index (χ2n) is 6.84. The maximum absolute atomic E-state index is 14.1. The van der Waals surface area contributed by atoms with Gasteiger partial charge in [0.05, 0.1) is 17.9 Å². The van der Waals surface area contributed by atoms with Crippen molar-refractivity contribution in [3.63, 3.8) is 0 Å². The van der Waals surface area contributed by atoms with Crippen LogP contribution in [0.2, 0.25) is 0 Å². The number of benzene rings is 2. The third kappa shape index (κ3) is 4.76. The van der Waals surface area contributed by atoms with Gasteiger partial charge in [-0.25, -0.2) is 9.07 Å². The summed E-state index contributed by atoms with van der Waals surface area (Å²) < 4.78 is 15.5. The van der Waals surface area contributed by atoms with Gasteiger partial charge in [-0.15, -0.1) is 17.5 Å². The lowest BCUT2D eigenvalue weighted by Crippen LogP contribution is -2.34. The van der Waals surface area contributed by atoms with Crippen LogP contribution in [0.3, 0.4) is 0 Å². The highest BCUT2D eigenvalue weighted by molar-refractivity contribution is 5.92. The number of tetrazole rings is 1. The van der Waals surface area contributed by atoms with Crippen LogP contribution in [0, 0.1) is 5.82 Å². The summed E-state index contributed by atoms with van der Waals surface area (Å²) in [5.41, 5.74) is 8.07. The van der Waals surface area contributed by atoms with Gasteiger partial charge >= 0.3 is 0 Å². The molecule has 0 bridgehead atoms. The fourth-order valence-electron chi connectivity index (χ4n) is 3.52. The number of hydrogen-bond acceptors (Lipinski definition) is 6. The molecule has 1 aromatic heterocycles. The van der Waals surface area contributed by atoms with Crippen LogP contribution in [0.4, 0.5) is 10.1 Å². The van der Waals surface area contributed by atoms with E-state index in [2.05, 4.69) is 20.8 Å². The predicted octanol–water partition coefficient (Wildman–Crippen LogP) is 1.59. The molecule has 1 amide bonds. The molecule has 2 heterocycles. The van der Waals surface area contributed by atoms with E-state index in [1.54, 1.807) is 0 Å². The van der Waals surface area contributed by atoms with Gasteiger partial charge in [-0.05, 0) is 34.2 Å². The summed E-state index contributed by atoms with van der Waals surface area (Å²) in [5, 5.41) is 13.5. The summed E-state index contributed by atoms with van der Waals surface area (Å²) in [6, 6.07) is 14.3. The van der Waals surface area contributed by atoms with Crippen LogP contribution in [0.5, 0.6) is 0 Å². The van der Waals surface area contributed by atoms with Crippen LogP contribution in [0.15, 0.2) is 54.9 Å². The lowest BCUT2D eigenvalue weighted by molar-refractivity contribution is -0.117. The van der Waals surface area contributed by atoms with E-state index in [1.807, 2.05) is 35.2 Å². The zero-order chi connectivity index (χ0) is 19.5. The quantitative estimate of drug-likeness (QED) is 0.653. The Labute approximate surface area is 173 Å². The molecule has 1 fully saturated rings. The number of likely N-dealkylation sites (tertiary alicyclic amines) is 1. The van der Waals surface area contributed by atoms with E-state index in [1.165, 1.54) is 29.2 Å². The molecule has 3 N–H and O–H groups in total. The highest BCUT2D eigenvalue weighted by Crippen LogP contribution is 2.26. The molecule has 0 aliphatic carbocycles. The Kier molecular flexibility index (Phi) is 6.53. The number of aromatic nitrogens is 4. The van der Waals surface area contributed by atoms with Gasteiger partial charge in [-0.3, -0.25) is 9.69 Å². The summed E-state index contributed by atoms with van der Waals surface area (Å²) in [5.74, 6) is -0.645. The molecule has 8 nitrogen and oxygen atoms in total. The molecule has 2 atom stereocenters. The molecule has 4 rings (SSSR count). The van der Waals surface area contributed by atoms with E-state index in [9.17, 15) is 9.18 Å². The fourth-order valence-corrected chi connectivity index (χ4v) is 3.52. The lowest BCUT2D eigenvalue weighted by Gasteiger charge is -2.16. The highest BCUT2D eigenvalue weighted by Gasteiger charge is 2.32. The Hall–Kier alpha value is -2.88. The van der Waals surface area contributed by atoms with Gasteiger partial charge in [0.1, 0.15) is 12.1 Å². The van der Waals surface area contributed by atoms with Crippen molar-refractivity contribution in [2.24, 2.45) is 5.73 Å². The smallest absolute Gasteiger partial charge is 0.238 e. The summed E-state index contributed by atoms with van der Waals surface area (Å²) in [4.78, 5) is 14.4. The number of nitrogens with two attached hydrogens (primary N) is 1. The average Bonchev–Trinajstić information content (AvgIpc) is 3.34. The zero-order valence-electron chi connectivity index (χ0n) is 15.5. The standard InChI is InChI=1S/C19H20FN7O.ClH/c20-16-7-6-14(27-12-22-24-25-27)8-18(16)23-19(28)11-26-9-15(17(21)10-26)13-4-2-1-3-5-13;/h1-8,12,15,17H,9-11,21H2,(H,23,28);1H/t15-,17+;/m0./s1. The van der Waals surface area contributed by atoms with Gasteiger partial charge in [0, 0.05) is 25.0 Å². The van der Waals surface area contributed by atoms with E-state index >= 15 is 0 Å². The van der Waals surface area contributed by atoms with Crippen molar-refractivity contribution in [3.05, 3.63) is 66.2 Å². The molecular weight excluding hydrogens is 397 g/mol. The van der Waals surface area contributed by atoms with Gasteiger partial charge in [-0.2, -0.15) is 0 Å². The maximum Gasteiger partial charge on any atom is 0.238 e. The number of anilines is 1. The SMILES string of the molecule is Cl.N[C@@H]1CN(CC(=O)Nc2cc(-n3cnnn3)ccc2F)C[C@H]1c1ccccc1. The number of carbonyl (C=O) groups is 1. The number of hydrogen-bond donors (Lipinski definition) is 2. The van der Waals surface area contributed by atoms with Crippen molar-refractivity contribution >= 4 is 24.0 Å². The molecule has 0 spiro atoms. The van der Waals surface area contributed by atoms with Gasteiger partial charge in [0.2, 0.25) is 5.91 Å². The van der Waals surface area contributed by atoms with Gasteiger partial charge in [0.25, 0.3) is 0 Å². The third-order valence-corrected chi connectivity index (χ3v) is 4.87. The first-order valence-electron chi connectivity index (χ1n) is 8.96. The molecule has 3 aromatic rings. The van der Waals surface area contributed by atoms with Crippen molar-refractivity contribution in [1.29, 1.82) is 0 Å². The lowest BCUT2D eigenvalue weighted by atomic mass is 9.95. The van der Waals surface area contributed by atoms with E-state index in [-0.39, 0.29) is 42.5 Å². The van der Waals surface area contributed by atoms with E-state index in [4.69, 9.17) is 5.73 Å². The van der Waals surface area contributed by atoms with Crippen molar-refractivity contribution in [1.82, 2.24) is 25.1 Å². The Morgan fingerprint density at radius 1 is 1.21 bits per heavy atom. The van der Waals surface area contributed by atoms with E-state index in [0.29, 0.717) is 18.8 Å². The molecule has 29 heavy (non-hydrogen) atoms. The van der Waals surface area contributed by atoms with Crippen LogP contribution in [-0.2, 0) is 4.79 Å². The highest BCUT2D eigenvalue weighted by atomic mass is 35.5. The maximum atomic E-state index is 14.1. The van der Waals surface area contributed by atoms with Crippen LogP contribution in [0.25, 0.3) is 5.69 Å². The normalized spacial score (nSPS) is 19.0. The molecule has 2 aromatic carbocycles. The first-order valence-corrected chi connectivity index (χ1v) is 8.96. The first-order chi connectivity index (χ1) is 13.6. The number of carbonyl (C=O) groups excluding carboxylic acids is 1. The number of halogens is 2. The number of rotatable bonds is 5. The van der Waals surface area contributed by atoms with Gasteiger partial charge in [-0.1, -0.05) is 30.3 Å². The topological polar surface area (TPSA) is 102 Å². The summed E-state index contributed by atoms with van der Waals surface area (Å²) in [6.07, 6.45) is 1.40. The van der Waals surface area contributed by atoms with Gasteiger partial charge < -0.3 is 11.1 Å². The molecule has 10 heteroatoms. The monoisotopic (exact) mass is 417 g/mol. The number of amides is 1. The second-order valence-corrected chi connectivity index (χ2v) is 6.84.